The quantitative estimate of drug-likeness (QED) is 0.706. The summed E-state index contributed by atoms with van der Waals surface area (Å²) in [5.41, 5.74) is 1.84. The van der Waals surface area contributed by atoms with Gasteiger partial charge in [0.25, 0.3) is 0 Å². The molecule has 2 atom stereocenters. The monoisotopic (exact) mass is 376 g/mol. The topological polar surface area (TPSA) is 69.6 Å². The summed E-state index contributed by atoms with van der Waals surface area (Å²) in [6, 6.07) is 16.4. The van der Waals surface area contributed by atoms with E-state index in [-0.39, 0.29) is 6.04 Å². The molecule has 0 aliphatic carbocycles. The van der Waals surface area contributed by atoms with Crippen molar-refractivity contribution in [1.82, 2.24) is 9.62 Å². The predicted octanol–water partition coefficient (Wildman–Crippen LogP) is 3.10. The zero-order valence-electron chi connectivity index (χ0n) is 15.6. The molecule has 5 nitrogen and oxygen atoms in total. The molecule has 0 aromatic heterocycles. The van der Waals surface area contributed by atoms with Crippen molar-refractivity contribution in [1.29, 1.82) is 0 Å². The summed E-state index contributed by atoms with van der Waals surface area (Å²) in [7, 11) is -3.43. The lowest BCUT2D eigenvalue weighted by atomic mass is 10.1. The van der Waals surface area contributed by atoms with Gasteiger partial charge >= 0.3 is 0 Å². The van der Waals surface area contributed by atoms with Crippen LogP contribution < -0.4 is 5.32 Å². The van der Waals surface area contributed by atoms with Crippen molar-refractivity contribution in [2.75, 3.05) is 19.6 Å². The van der Waals surface area contributed by atoms with Gasteiger partial charge in [0.2, 0.25) is 10.0 Å². The maximum atomic E-state index is 12.5. The minimum Gasteiger partial charge on any atom is -0.387 e. The van der Waals surface area contributed by atoms with E-state index in [4.69, 9.17) is 0 Å². The lowest BCUT2D eigenvalue weighted by Crippen LogP contribution is -2.30. The number of sulfonamides is 1. The first-order valence-corrected chi connectivity index (χ1v) is 10.4. The van der Waals surface area contributed by atoms with E-state index in [0.29, 0.717) is 24.5 Å². The van der Waals surface area contributed by atoms with E-state index < -0.39 is 16.1 Å². The Morgan fingerprint density at radius 2 is 1.54 bits per heavy atom. The molecule has 2 aromatic rings. The highest BCUT2D eigenvalue weighted by atomic mass is 32.2. The van der Waals surface area contributed by atoms with Crippen LogP contribution in [-0.2, 0) is 10.0 Å². The maximum Gasteiger partial charge on any atom is 0.243 e. The van der Waals surface area contributed by atoms with Crippen LogP contribution in [0.1, 0.15) is 44.0 Å². The Hall–Kier alpha value is -1.73. The van der Waals surface area contributed by atoms with Crippen LogP contribution in [0.5, 0.6) is 0 Å². The van der Waals surface area contributed by atoms with Crippen LogP contribution in [0.25, 0.3) is 0 Å². The number of hydrogen-bond donors (Lipinski definition) is 2. The highest BCUT2D eigenvalue weighted by Gasteiger charge is 2.21. The second-order valence-electron chi connectivity index (χ2n) is 6.21. The molecule has 2 N–H and O–H groups in total. The summed E-state index contributed by atoms with van der Waals surface area (Å²) >= 11 is 0. The Morgan fingerprint density at radius 1 is 0.962 bits per heavy atom. The van der Waals surface area contributed by atoms with Gasteiger partial charge in [-0.3, -0.25) is 0 Å². The Balaban J connectivity index is 2.01. The first kappa shape index (κ1) is 20.6. The molecule has 6 heteroatoms. The Bertz CT molecular complexity index is 772. The third kappa shape index (κ3) is 4.92. The fourth-order valence-electron chi connectivity index (χ4n) is 2.84. The molecule has 0 amide bonds. The third-order valence-electron chi connectivity index (χ3n) is 4.53. The molecular formula is C20H28N2O3S. The zero-order chi connectivity index (χ0) is 19.2. The highest BCUT2D eigenvalue weighted by Crippen LogP contribution is 2.20. The summed E-state index contributed by atoms with van der Waals surface area (Å²) in [5.74, 6) is 0. The Morgan fingerprint density at radius 3 is 2.08 bits per heavy atom. The Labute approximate surface area is 156 Å². The van der Waals surface area contributed by atoms with Crippen molar-refractivity contribution in [3.05, 3.63) is 65.7 Å². The molecule has 142 valence electrons. The zero-order valence-corrected chi connectivity index (χ0v) is 16.4. The highest BCUT2D eigenvalue weighted by molar-refractivity contribution is 7.89. The number of nitrogens with one attached hydrogen (secondary N) is 1. The molecule has 0 aliphatic heterocycles. The number of aliphatic hydroxyl groups is 1. The molecule has 2 unspecified atom stereocenters. The van der Waals surface area contributed by atoms with Crippen LogP contribution in [0.3, 0.4) is 0 Å². The first-order valence-electron chi connectivity index (χ1n) is 8.96. The van der Waals surface area contributed by atoms with Gasteiger partial charge in [-0.05, 0) is 30.2 Å². The molecule has 0 saturated carbocycles. The van der Waals surface area contributed by atoms with Crippen LogP contribution in [0.4, 0.5) is 0 Å². The molecule has 0 heterocycles. The van der Waals surface area contributed by atoms with E-state index in [9.17, 15) is 13.5 Å². The first-order chi connectivity index (χ1) is 12.4. The largest absolute Gasteiger partial charge is 0.387 e. The molecule has 0 fully saturated rings. The minimum absolute atomic E-state index is 0.00132. The molecule has 26 heavy (non-hydrogen) atoms. The number of benzene rings is 2. The van der Waals surface area contributed by atoms with Gasteiger partial charge in [-0.1, -0.05) is 56.3 Å². The van der Waals surface area contributed by atoms with Crippen molar-refractivity contribution < 1.29 is 13.5 Å². The summed E-state index contributed by atoms with van der Waals surface area (Å²) in [4.78, 5) is 0.307. The van der Waals surface area contributed by atoms with Crippen molar-refractivity contribution in [2.24, 2.45) is 0 Å². The van der Waals surface area contributed by atoms with Gasteiger partial charge < -0.3 is 10.4 Å². The van der Waals surface area contributed by atoms with E-state index in [0.717, 1.165) is 11.1 Å². The molecule has 2 rings (SSSR count). The molecule has 2 aromatic carbocycles. The van der Waals surface area contributed by atoms with Gasteiger partial charge in [0.15, 0.2) is 0 Å². The third-order valence-corrected chi connectivity index (χ3v) is 6.59. The smallest absolute Gasteiger partial charge is 0.243 e. The standard InChI is InChI=1S/C20H28N2O3S/c1-4-22(5-2)26(24,25)19-13-11-17(12-14-19)16(3)21-15-20(23)18-9-7-6-8-10-18/h6-14,16,20-21,23H,4-5,15H2,1-3H3. The summed E-state index contributed by atoms with van der Waals surface area (Å²) in [6.07, 6.45) is -0.582. The molecule has 0 saturated heterocycles. The molecule has 0 bridgehead atoms. The maximum absolute atomic E-state index is 12.5. The van der Waals surface area contributed by atoms with Gasteiger partial charge in [0.1, 0.15) is 0 Å². The number of hydrogen-bond acceptors (Lipinski definition) is 4. The number of nitrogens with zero attached hydrogens (tertiary/aromatic N) is 1. The van der Waals surface area contributed by atoms with Crippen molar-refractivity contribution in [2.45, 2.75) is 37.8 Å². The van der Waals surface area contributed by atoms with Gasteiger partial charge in [-0.2, -0.15) is 4.31 Å². The molecule has 0 aliphatic rings. The van der Waals surface area contributed by atoms with E-state index >= 15 is 0 Å². The minimum atomic E-state index is -3.43. The van der Waals surface area contributed by atoms with Gasteiger partial charge in [-0.25, -0.2) is 8.42 Å². The Kier molecular flexibility index (Phi) is 7.34. The van der Waals surface area contributed by atoms with Gasteiger partial charge in [-0.15, -0.1) is 0 Å². The summed E-state index contributed by atoms with van der Waals surface area (Å²) in [6.45, 7) is 6.99. The van der Waals surface area contributed by atoms with Crippen LogP contribution >= 0.6 is 0 Å². The average Bonchev–Trinajstić information content (AvgIpc) is 2.67. The fourth-order valence-corrected chi connectivity index (χ4v) is 4.30. The average molecular weight is 377 g/mol. The lowest BCUT2D eigenvalue weighted by molar-refractivity contribution is 0.171. The normalized spacial score (nSPS) is 14.3. The van der Waals surface area contributed by atoms with E-state index in [1.165, 1.54) is 4.31 Å². The second-order valence-corrected chi connectivity index (χ2v) is 8.15. The summed E-state index contributed by atoms with van der Waals surface area (Å²) < 4.78 is 26.5. The van der Waals surface area contributed by atoms with Crippen LogP contribution in [0.2, 0.25) is 0 Å². The van der Waals surface area contributed by atoms with Crippen LogP contribution in [0, 0.1) is 0 Å². The summed E-state index contributed by atoms with van der Waals surface area (Å²) in [5, 5.41) is 13.5. The van der Waals surface area contributed by atoms with E-state index in [1.807, 2.05) is 63.2 Å². The van der Waals surface area contributed by atoms with E-state index in [1.54, 1.807) is 12.1 Å². The van der Waals surface area contributed by atoms with Crippen molar-refractivity contribution in [3.8, 4) is 0 Å². The molecule has 0 radical (unpaired) electrons. The second kappa shape index (κ2) is 9.28. The molecule has 0 spiro atoms. The van der Waals surface area contributed by atoms with Crippen molar-refractivity contribution >= 4 is 10.0 Å². The van der Waals surface area contributed by atoms with Gasteiger partial charge in [0, 0.05) is 25.7 Å². The fraction of sp³-hybridized carbons (Fsp3) is 0.400. The van der Waals surface area contributed by atoms with Gasteiger partial charge in [0.05, 0.1) is 11.0 Å². The molecular weight excluding hydrogens is 348 g/mol. The lowest BCUT2D eigenvalue weighted by Gasteiger charge is -2.20. The van der Waals surface area contributed by atoms with E-state index in [2.05, 4.69) is 5.32 Å². The number of rotatable bonds is 9. The van der Waals surface area contributed by atoms with Crippen LogP contribution in [0.15, 0.2) is 59.5 Å². The SMILES string of the molecule is CCN(CC)S(=O)(=O)c1ccc(C(C)NCC(O)c2ccccc2)cc1. The predicted molar refractivity (Wildman–Crippen MR) is 104 cm³/mol. The van der Waals surface area contributed by atoms with Crippen molar-refractivity contribution in [3.63, 3.8) is 0 Å². The van der Waals surface area contributed by atoms with Crippen LogP contribution in [-0.4, -0.2) is 37.5 Å². The number of aliphatic hydroxyl groups excluding tert-OH is 1.